The summed E-state index contributed by atoms with van der Waals surface area (Å²) in [4.78, 5) is 15.5. The van der Waals surface area contributed by atoms with Crippen LogP contribution < -0.4 is 0 Å². The number of para-hydroxylation sites is 3. The van der Waals surface area contributed by atoms with Crippen molar-refractivity contribution in [1.82, 2.24) is 24.1 Å². The van der Waals surface area contributed by atoms with Gasteiger partial charge in [0.1, 0.15) is 5.82 Å². The van der Waals surface area contributed by atoms with Crippen LogP contribution in [0.3, 0.4) is 0 Å². The summed E-state index contributed by atoms with van der Waals surface area (Å²) >= 11 is 0. The second kappa shape index (κ2) is 11.3. The Morgan fingerprint density at radius 2 is 1.10 bits per heavy atom. The van der Waals surface area contributed by atoms with Gasteiger partial charge in [-0.1, -0.05) is 112 Å². The van der Waals surface area contributed by atoms with E-state index in [0.29, 0.717) is 23.2 Å². The lowest BCUT2D eigenvalue weighted by molar-refractivity contribution is 0.540. The summed E-state index contributed by atoms with van der Waals surface area (Å²) in [5.41, 5.74) is 8.30. The quantitative estimate of drug-likeness (QED) is 0.191. The van der Waals surface area contributed by atoms with Crippen LogP contribution in [0.4, 0.5) is 0 Å². The zero-order chi connectivity index (χ0) is 34.0. The van der Waals surface area contributed by atoms with Gasteiger partial charge in [0.05, 0.1) is 39.4 Å². The summed E-state index contributed by atoms with van der Waals surface area (Å²) < 4.78 is 4.40. The van der Waals surface area contributed by atoms with Gasteiger partial charge in [0, 0.05) is 32.5 Å². The zero-order valence-corrected chi connectivity index (χ0v) is 28.0. The van der Waals surface area contributed by atoms with E-state index in [-0.39, 0.29) is 5.41 Å². The number of benzene rings is 6. The Hall–Kier alpha value is -6.58. The molecule has 0 saturated heterocycles. The molecular formula is C44H32N6. The van der Waals surface area contributed by atoms with Crippen LogP contribution in [0.1, 0.15) is 32.2 Å². The van der Waals surface area contributed by atoms with Gasteiger partial charge in [-0.15, -0.1) is 0 Å². The minimum absolute atomic E-state index is 0.376. The molecule has 6 nitrogen and oxygen atoms in total. The molecule has 0 unspecified atom stereocenters. The van der Waals surface area contributed by atoms with E-state index in [4.69, 9.17) is 15.0 Å². The Bertz CT molecular complexity index is 2760. The van der Waals surface area contributed by atoms with Gasteiger partial charge >= 0.3 is 0 Å². The molecule has 238 valence electrons. The van der Waals surface area contributed by atoms with Gasteiger partial charge in [0.25, 0.3) is 0 Å². The maximum atomic E-state index is 10.1. The lowest BCUT2D eigenvalue weighted by Crippen LogP contribution is -2.19. The molecule has 0 amide bonds. The first-order valence-corrected chi connectivity index (χ1v) is 16.8. The molecular weight excluding hydrogens is 613 g/mol. The minimum Gasteiger partial charge on any atom is -0.308 e. The highest BCUT2D eigenvalue weighted by molar-refractivity contribution is 6.11. The normalized spacial score (nSPS) is 11.9. The molecule has 50 heavy (non-hydrogen) atoms. The van der Waals surface area contributed by atoms with Gasteiger partial charge in [-0.3, -0.25) is 4.57 Å². The Morgan fingerprint density at radius 1 is 0.520 bits per heavy atom. The highest BCUT2D eigenvalue weighted by Crippen LogP contribution is 2.39. The van der Waals surface area contributed by atoms with Gasteiger partial charge in [0.2, 0.25) is 5.95 Å². The van der Waals surface area contributed by atoms with Crippen LogP contribution in [0, 0.1) is 11.3 Å². The zero-order valence-electron chi connectivity index (χ0n) is 28.0. The number of fused-ring (bicyclic) bond motifs is 6. The van der Waals surface area contributed by atoms with Crippen molar-refractivity contribution in [2.24, 2.45) is 0 Å². The fourth-order valence-electron chi connectivity index (χ4n) is 7.08. The second-order valence-electron chi connectivity index (χ2n) is 13.7. The number of hydrogen-bond acceptors (Lipinski definition) is 4. The molecule has 9 aromatic rings. The largest absolute Gasteiger partial charge is 0.308 e. The van der Waals surface area contributed by atoms with E-state index in [0.717, 1.165) is 60.4 Å². The van der Waals surface area contributed by atoms with E-state index in [1.165, 1.54) is 5.56 Å². The van der Waals surface area contributed by atoms with Crippen LogP contribution in [0.5, 0.6) is 0 Å². The first kappa shape index (κ1) is 29.6. The molecule has 9 rings (SSSR count). The lowest BCUT2D eigenvalue weighted by Gasteiger charge is -2.20. The third-order valence-electron chi connectivity index (χ3n) is 9.46. The number of nitriles is 1. The molecule has 0 aliphatic carbocycles. The standard InChI is InChI=1S/C44H32N6/c1-44(2,3)42-46-41(47-43(48-42)50-37-19-11-7-15-31(37)32-16-8-12-20-38(32)50)35-25-28(27-45)21-23-40(35)49-36-18-10-9-17-33(36)34-26-30(22-24-39(34)49)29-13-5-4-6-14-29/h4-26H,1-3H3. The van der Waals surface area contributed by atoms with Crippen LogP contribution in [0.15, 0.2) is 140 Å². The second-order valence-corrected chi connectivity index (χ2v) is 13.7. The van der Waals surface area contributed by atoms with E-state index in [1.807, 2.05) is 36.4 Å². The van der Waals surface area contributed by atoms with Crippen molar-refractivity contribution >= 4 is 43.6 Å². The summed E-state index contributed by atoms with van der Waals surface area (Å²) in [6.45, 7) is 6.35. The molecule has 0 fully saturated rings. The maximum Gasteiger partial charge on any atom is 0.238 e. The van der Waals surface area contributed by atoms with Crippen LogP contribution in [0.25, 0.3) is 77.8 Å². The van der Waals surface area contributed by atoms with E-state index in [1.54, 1.807) is 0 Å². The fraction of sp³-hybridized carbons (Fsp3) is 0.0909. The molecule has 3 aromatic heterocycles. The van der Waals surface area contributed by atoms with Crippen LogP contribution in [0.2, 0.25) is 0 Å². The first-order chi connectivity index (χ1) is 24.4. The summed E-state index contributed by atoms with van der Waals surface area (Å²) in [6.07, 6.45) is 0. The van der Waals surface area contributed by atoms with Crippen molar-refractivity contribution in [1.29, 1.82) is 5.26 Å². The molecule has 0 bridgehead atoms. The predicted octanol–water partition coefficient (Wildman–Crippen LogP) is 10.6. The molecule has 0 aliphatic heterocycles. The Morgan fingerprint density at radius 3 is 1.74 bits per heavy atom. The highest BCUT2D eigenvalue weighted by Gasteiger charge is 2.25. The number of aromatic nitrogens is 5. The summed E-state index contributed by atoms with van der Waals surface area (Å²) in [6, 6.07) is 50.5. The third-order valence-corrected chi connectivity index (χ3v) is 9.46. The van der Waals surface area contributed by atoms with Gasteiger partial charge in [-0.25, -0.2) is 4.98 Å². The molecule has 3 heterocycles. The Balaban J connectivity index is 1.34. The maximum absolute atomic E-state index is 10.1. The van der Waals surface area contributed by atoms with E-state index in [2.05, 4.69) is 139 Å². The van der Waals surface area contributed by atoms with Gasteiger partial charge < -0.3 is 4.57 Å². The molecule has 6 aromatic carbocycles. The SMILES string of the molecule is CC(C)(C)c1nc(-c2cc(C#N)ccc2-n2c3ccccc3c3cc(-c4ccccc4)ccc32)nc(-n2c3ccccc3c3ccccc32)n1. The van der Waals surface area contributed by atoms with Crippen molar-refractivity contribution in [2.75, 3.05) is 0 Å². The molecule has 0 atom stereocenters. The topological polar surface area (TPSA) is 72.3 Å². The predicted molar refractivity (Wildman–Crippen MR) is 203 cm³/mol. The Kier molecular flexibility index (Phi) is 6.65. The molecule has 0 saturated carbocycles. The van der Waals surface area contributed by atoms with Gasteiger partial charge in [0.15, 0.2) is 5.82 Å². The smallest absolute Gasteiger partial charge is 0.238 e. The van der Waals surface area contributed by atoms with Crippen molar-refractivity contribution in [3.63, 3.8) is 0 Å². The van der Waals surface area contributed by atoms with Crippen LogP contribution in [-0.2, 0) is 5.41 Å². The van der Waals surface area contributed by atoms with E-state index >= 15 is 0 Å². The summed E-state index contributed by atoms with van der Waals surface area (Å²) in [7, 11) is 0. The molecule has 0 radical (unpaired) electrons. The number of nitrogens with zero attached hydrogens (tertiary/aromatic N) is 6. The Labute approximate surface area is 289 Å². The average Bonchev–Trinajstić information content (AvgIpc) is 3.67. The average molecular weight is 645 g/mol. The van der Waals surface area contributed by atoms with Gasteiger partial charge in [-0.05, 0) is 59.7 Å². The van der Waals surface area contributed by atoms with Crippen LogP contribution >= 0.6 is 0 Å². The molecule has 0 N–H and O–H groups in total. The van der Waals surface area contributed by atoms with Gasteiger partial charge in [-0.2, -0.15) is 15.2 Å². The third kappa shape index (κ3) is 4.67. The minimum atomic E-state index is -0.376. The summed E-state index contributed by atoms with van der Waals surface area (Å²) in [5, 5.41) is 14.7. The van der Waals surface area contributed by atoms with Crippen molar-refractivity contribution < 1.29 is 0 Å². The van der Waals surface area contributed by atoms with Crippen molar-refractivity contribution in [3.05, 3.63) is 151 Å². The van der Waals surface area contributed by atoms with Crippen molar-refractivity contribution in [3.8, 4) is 40.2 Å². The molecule has 0 aliphatic rings. The lowest BCUT2D eigenvalue weighted by atomic mass is 9.95. The van der Waals surface area contributed by atoms with Crippen molar-refractivity contribution in [2.45, 2.75) is 26.2 Å². The number of hydrogen-bond donors (Lipinski definition) is 0. The first-order valence-electron chi connectivity index (χ1n) is 16.8. The highest BCUT2D eigenvalue weighted by atomic mass is 15.2. The summed E-state index contributed by atoms with van der Waals surface area (Å²) in [5.74, 6) is 1.73. The molecule has 0 spiro atoms. The monoisotopic (exact) mass is 644 g/mol. The fourth-order valence-corrected chi connectivity index (χ4v) is 7.08. The molecule has 6 heteroatoms. The van der Waals surface area contributed by atoms with E-state index in [9.17, 15) is 5.26 Å². The van der Waals surface area contributed by atoms with E-state index < -0.39 is 0 Å². The van der Waals surface area contributed by atoms with Crippen LogP contribution in [-0.4, -0.2) is 24.1 Å². The number of rotatable bonds is 4.